The van der Waals surface area contributed by atoms with E-state index in [1.54, 1.807) is 6.07 Å². The fourth-order valence-corrected chi connectivity index (χ4v) is 3.10. The highest BCUT2D eigenvalue weighted by Gasteiger charge is 2.44. The van der Waals surface area contributed by atoms with Crippen LogP contribution in [0.15, 0.2) is 18.2 Å². The molecule has 0 amide bonds. The number of nitrogens with two attached hydrogens (primary N) is 1. The van der Waals surface area contributed by atoms with Crippen molar-refractivity contribution < 1.29 is 8.78 Å². The lowest BCUT2D eigenvalue weighted by molar-refractivity contribution is 0.0280. The Hall–Kier alpha value is -1.00. The molecule has 1 fully saturated rings. The van der Waals surface area contributed by atoms with Crippen molar-refractivity contribution in [1.82, 2.24) is 4.90 Å². The molecule has 100 valence electrons. The summed E-state index contributed by atoms with van der Waals surface area (Å²) in [5.41, 5.74) is 6.74. The van der Waals surface area contributed by atoms with Crippen molar-refractivity contribution in [3.05, 3.63) is 35.4 Å². The second kappa shape index (κ2) is 4.94. The number of rotatable bonds is 4. The van der Waals surface area contributed by atoms with Crippen molar-refractivity contribution in [3.8, 4) is 0 Å². The topological polar surface area (TPSA) is 29.3 Å². The van der Waals surface area contributed by atoms with E-state index in [4.69, 9.17) is 5.73 Å². The van der Waals surface area contributed by atoms with Crippen LogP contribution >= 0.6 is 0 Å². The molecule has 0 aliphatic heterocycles. The van der Waals surface area contributed by atoms with E-state index in [9.17, 15) is 8.78 Å². The Balaban J connectivity index is 2.38. The van der Waals surface area contributed by atoms with Gasteiger partial charge in [0.25, 0.3) is 0 Å². The molecular formula is C14H20F2N2. The van der Waals surface area contributed by atoms with Crippen LogP contribution in [0.1, 0.15) is 30.9 Å². The molecule has 0 heterocycles. The molecule has 2 N–H and O–H groups in total. The lowest BCUT2D eigenvalue weighted by Crippen LogP contribution is -2.47. The Kier molecular flexibility index (Phi) is 3.69. The second-order valence-electron chi connectivity index (χ2n) is 5.46. The van der Waals surface area contributed by atoms with Gasteiger partial charge >= 0.3 is 0 Å². The molecule has 1 saturated carbocycles. The molecule has 2 rings (SSSR count). The van der Waals surface area contributed by atoms with Gasteiger partial charge in [0.1, 0.15) is 0 Å². The maximum Gasteiger partial charge on any atom is 0.159 e. The quantitative estimate of drug-likeness (QED) is 0.895. The highest BCUT2D eigenvalue weighted by molar-refractivity contribution is 5.25. The lowest BCUT2D eigenvalue weighted by atomic mass is 9.62. The molecule has 18 heavy (non-hydrogen) atoms. The van der Waals surface area contributed by atoms with E-state index >= 15 is 0 Å². The third kappa shape index (κ3) is 2.15. The zero-order valence-corrected chi connectivity index (χ0v) is 10.9. The molecule has 2 nitrogen and oxygen atoms in total. The standard InChI is InChI=1S/C14H20F2N2/c1-18(2)13(14(9-17)6-3-7-14)10-4-5-11(15)12(16)8-10/h4-5,8,13H,3,6-7,9,17H2,1-2H3. The zero-order chi connectivity index (χ0) is 13.3. The summed E-state index contributed by atoms with van der Waals surface area (Å²) in [4.78, 5) is 2.05. The monoisotopic (exact) mass is 254 g/mol. The van der Waals surface area contributed by atoms with E-state index in [0.29, 0.717) is 6.54 Å². The molecule has 1 aromatic rings. The summed E-state index contributed by atoms with van der Waals surface area (Å²) in [6, 6.07) is 4.21. The van der Waals surface area contributed by atoms with Gasteiger partial charge in [0.15, 0.2) is 11.6 Å². The zero-order valence-electron chi connectivity index (χ0n) is 10.9. The van der Waals surface area contributed by atoms with E-state index in [2.05, 4.69) is 4.90 Å². The summed E-state index contributed by atoms with van der Waals surface area (Å²) in [5, 5.41) is 0. The maximum absolute atomic E-state index is 13.4. The van der Waals surface area contributed by atoms with Gasteiger partial charge in [-0.3, -0.25) is 0 Å². The Morgan fingerprint density at radius 2 is 1.94 bits per heavy atom. The number of halogens is 2. The largest absolute Gasteiger partial charge is 0.330 e. The van der Waals surface area contributed by atoms with Gasteiger partial charge in [0.2, 0.25) is 0 Å². The average molecular weight is 254 g/mol. The molecule has 1 aromatic carbocycles. The predicted octanol–water partition coefficient (Wildman–Crippen LogP) is 2.70. The molecule has 0 spiro atoms. The first-order valence-corrected chi connectivity index (χ1v) is 6.31. The predicted molar refractivity (Wildman–Crippen MR) is 68.1 cm³/mol. The maximum atomic E-state index is 13.4. The van der Waals surface area contributed by atoms with Gasteiger partial charge in [-0.05, 0) is 51.2 Å². The van der Waals surface area contributed by atoms with E-state index in [1.807, 2.05) is 14.1 Å². The van der Waals surface area contributed by atoms with Crippen LogP contribution < -0.4 is 5.73 Å². The van der Waals surface area contributed by atoms with Crippen molar-refractivity contribution in [2.75, 3.05) is 20.6 Å². The summed E-state index contributed by atoms with van der Waals surface area (Å²) in [5.74, 6) is -1.59. The van der Waals surface area contributed by atoms with Gasteiger partial charge in [-0.15, -0.1) is 0 Å². The Morgan fingerprint density at radius 1 is 1.28 bits per heavy atom. The average Bonchev–Trinajstić information content (AvgIpc) is 2.27. The van der Waals surface area contributed by atoms with Crippen LogP contribution in [0.3, 0.4) is 0 Å². The number of benzene rings is 1. The van der Waals surface area contributed by atoms with Crippen molar-refractivity contribution >= 4 is 0 Å². The van der Waals surface area contributed by atoms with E-state index in [0.717, 1.165) is 24.8 Å². The van der Waals surface area contributed by atoms with Gasteiger partial charge in [0.05, 0.1) is 0 Å². The highest BCUT2D eigenvalue weighted by atomic mass is 19.2. The fraction of sp³-hybridized carbons (Fsp3) is 0.571. The Morgan fingerprint density at radius 3 is 2.33 bits per heavy atom. The van der Waals surface area contributed by atoms with Crippen LogP contribution in [-0.4, -0.2) is 25.5 Å². The minimum Gasteiger partial charge on any atom is -0.330 e. The first kappa shape index (κ1) is 13.4. The van der Waals surface area contributed by atoms with Crippen molar-refractivity contribution in [2.24, 2.45) is 11.1 Å². The van der Waals surface area contributed by atoms with E-state index < -0.39 is 11.6 Å². The minimum atomic E-state index is -0.799. The Bertz CT molecular complexity index is 422. The van der Waals surface area contributed by atoms with Crippen LogP contribution in [0.5, 0.6) is 0 Å². The normalized spacial score (nSPS) is 19.7. The lowest BCUT2D eigenvalue weighted by Gasteiger charge is -2.50. The van der Waals surface area contributed by atoms with Gasteiger partial charge in [-0.2, -0.15) is 0 Å². The van der Waals surface area contributed by atoms with Crippen molar-refractivity contribution in [2.45, 2.75) is 25.3 Å². The Labute approximate surface area is 107 Å². The summed E-state index contributed by atoms with van der Waals surface area (Å²) in [6.45, 7) is 0.578. The third-order valence-electron chi connectivity index (χ3n) is 4.11. The number of hydrogen-bond acceptors (Lipinski definition) is 2. The summed E-state index contributed by atoms with van der Waals surface area (Å²) < 4.78 is 26.4. The van der Waals surface area contributed by atoms with Gasteiger partial charge < -0.3 is 10.6 Å². The van der Waals surface area contributed by atoms with Crippen LogP contribution in [0.4, 0.5) is 8.78 Å². The molecule has 1 aliphatic rings. The summed E-state index contributed by atoms with van der Waals surface area (Å²) in [6.07, 6.45) is 3.25. The van der Waals surface area contributed by atoms with Crippen molar-refractivity contribution in [1.29, 1.82) is 0 Å². The molecule has 0 radical (unpaired) electrons. The van der Waals surface area contributed by atoms with Crippen LogP contribution in [0, 0.1) is 17.0 Å². The molecular weight excluding hydrogens is 234 g/mol. The smallest absolute Gasteiger partial charge is 0.159 e. The first-order chi connectivity index (χ1) is 8.50. The van der Waals surface area contributed by atoms with Crippen LogP contribution in [0.2, 0.25) is 0 Å². The fourth-order valence-electron chi connectivity index (χ4n) is 3.10. The van der Waals surface area contributed by atoms with Crippen LogP contribution in [0.25, 0.3) is 0 Å². The van der Waals surface area contributed by atoms with E-state index in [-0.39, 0.29) is 11.5 Å². The molecule has 0 saturated heterocycles. The molecule has 0 aromatic heterocycles. The molecule has 1 atom stereocenters. The molecule has 0 bridgehead atoms. The summed E-state index contributed by atoms with van der Waals surface area (Å²) in [7, 11) is 3.92. The summed E-state index contributed by atoms with van der Waals surface area (Å²) >= 11 is 0. The van der Waals surface area contributed by atoms with E-state index in [1.165, 1.54) is 12.1 Å². The van der Waals surface area contributed by atoms with Gasteiger partial charge in [-0.25, -0.2) is 8.78 Å². The molecule has 1 unspecified atom stereocenters. The van der Waals surface area contributed by atoms with Gasteiger partial charge in [-0.1, -0.05) is 12.5 Å². The first-order valence-electron chi connectivity index (χ1n) is 6.31. The second-order valence-corrected chi connectivity index (χ2v) is 5.46. The molecule has 1 aliphatic carbocycles. The number of hydrogen-bond donors (Lipinski definition) is 1. The minimum absolute atomic E-state index is 0.00771. The SMILES string of the molecule is CN(C)C(c1ccc(F)c(F)c1)C1(CN)CCC1. The highest BCUT2D eigenvalue weighted by Crippen LogP contribution is 2.51. The third-order valence-corrected chi connectivity index (χ3v) is 4.11. The van der Waals surface area contributed by atoms with Crippen LogP contribution in [-0.2, 0) is 0 Å². The van der Waals surface area contributed by atoms with Crippen molar-refractivity contribution in [3.63, 3.8) is 0 Å². The number of nitrogens with zero attached hydrogens (tertiary/aromatic N) is 1. The van der Waals surface area contributed by atoms with Gasteiger partial charge in [0, 0.05) is 11.5 Å². The molecule has 4 heteroatoms.